The van der Waals surface area contributed by atoms with E-state index < -0.39 is 11.7 Å². The second-order valence-corrected chi connectivity index (χ2v) is 8.90. The minimum absolute atomic E-state index is 0.0113. The molecule has 0 radical (unpaired) electrons. The van der Waals surface area contributed by atoms with Crippen LogP contribution >= 0.6 is 45.8 Å². The van der Waals surface area contributed by atoms with Gasteiger partial charge in [0.25, 0.3) is 5.91 Å². The van der Waals surface area contributed by atoms with E-state index >= 15 is 0 Å². The molecule has 174 valence electrons. The zero-order valence-corrected chi connectivity index (χ0v) is 21.5. The van der Waals surface area contributed by atoms with Crippen molar-refractivity contribution in [3.63, 3.8) is 0 Å². The van der Waals surface area contributed by atoms with Gasteiger partial charge in [-0.15, -0.1) is 0 Å². The number of amides is 1. The standard InChI is InChI=1S/C25H18Cl2FIN2O3/c1-2-33-23-11-15(9-17(13-30)25(32)31-22-6-4-3-5-20(22)28)10-21(29)24(23)34-14-16-7-8-18(26)12-19(16)27/h3-12H,2,14H2,1H3,(H,31,32)/b17-9-. The predicted molar refractivity (Wildman–Crippen MR) is 140 cm³/mol. The maximum Gasteiger partial charge on any atom is 0.266 e. The third-order valence-corrected chi connectivity index (χ3v) is 5.91. The van der Waals surface area contributed by atoms with Gasteiger partial charge in [-0.25, -0.2) is 4.39 Å². The largest absolute Gasteiger partial charge is 0.490 e. The molecule has 3 aromatic carbocycles. The summed E-state index contributed by atoms with van der Waals surface area (Å²) in [6.07, 6.45) is 1.40. The van der Waals surface area contributed by atoms with E-state index in [4.69, 9.17) is 32.7 Å². The van der Waals surface area contributed by atoms with Crippen LogP contribution < -0.4 is 14.8 Å². The third-order valence-electron chi connectivity index (χ3n) is 4.52. The topological polar surface area (TPSA) is 71.3 Å². The van der Waals surface area contributed by atoms with Gasteiger partial charge in [0.05, 0.1) is 15.9 Å². The highest BCUT2D eigenvalue weighted by molar-refractivity contribution is 14.1. The molecular weight excluding hydrogens is 593 g/mol. The first-order valence-electron chi connectivity index (χ1n) is 10.0. The molecule has 0 aromatic heterocycles. The molecule has 0 bridgehead atoms. The van der Waals surface area contributed by atoms with E-state index in [9.17, 15) is 14.4 Å². The number of nitrogens with zero attached hydrogens (tertiary/aromatic N) is 1. The van der Waals surface area contributed by atoms with Gasteiger partial charge < -0.3 is 14.8 Å². The van der Waals surface area contributed by atoms with Crippen LogP contribution in [0.15, 0.2) is 60.2 Å². The molecule has 1 N–H and O–H groups in total. The van der Waals surface area contributed by atoms with E-state index in [2.05, 4.69) is 27.9 Å². The number of rotatable bonds is 8. The number of ether oxygens (including phenoxy) is 2. The van der Waals surface area contributed by atoms with Crippen molar-refractivity contribution in [3.05, 3.63) is 90.7 Å². The zero-order valence-electron chi connectivity index (χ0n) is 17.9. The van der Waals surface area contributed by atoms with Gasteiger partial charge in [0, 0.05) is 15.6 Å². The maximum absolute atomic E-state index is 13.9. The lowest BCUT2D eigenvalue weighted by Gasteiger charge is -2.15. The van der Waals surface area contributed by atoms with Crippen LogP contribution in [0.5, 0.6) is 11.5 Å². The van der Waals surface area contributed by atoms with Crippen LogP contribution in [-0.4, -0.2) is 12.5 Å². The molecule has 9 heteroatoms. The van der Waals surface area contributed by atoms with E-state index in [1.54, 1.807) is 36.4 Å². The van der Waals surface area contributed by atoms with Gasteiger partial charge >= 0.3 is 0 Å². The average molecular weight is 611 g/mol. The summed E-state index contributed by atoms with van der Waals surface area (Å²) in [7, 11) is 0. The van der Waals surface area contributed by atoms with Gasteiger partial charge in [-0.05, 0) is 77.6 Å². The predicted octanol–water partition coefficient (Wildman–Crippen LogP) is 7.26. The highest BCUT2D eigenvalue weighted by Crippen LogP contribution is 2.36. The molecule has 0 saturated heterocycles. The van der Waals surface area contributed by atoms with E-state index in [1.807, 2.05) is 13.0 Å². The van der Waals surface area contributed by atoms with Crippen molar-refractivity contribution in [2.24, 2.45) is 0 Å². The van der Waals surface area contributed by atoms with Crippen LogP contribution in [0.2, 0.25) is 10.0 Å². The quantitative estimate of drug-likeness (QED) is 0.166. The molecule has 0 atom stereocenters. The van der Waals surface area contributed by atoms with Crippen LogP contribution in [0.25, 0.3) is 6.08 Å². The van der Waals surface area contributed by atoms with Gasteiger partial charge in [-0.3, -0.25) is 4.79 Å². The molecule has 0 spiro atoms. The van der Waals surface area contributed by atoms with Crippen LogP contribution in [0.3, 0.4) is 0 Å². The Morgan fingerprint density at radius 1 is 1.18 bits per heavy atom. The fourth-order valence-corrected chi connectivity index (χ4v) is 4.17. The Hall–Kier alpha value is -2.80. The molecule has 5 nitrogen and oxygen atoms in total. The molecule has 0 saturated carbocycles. The Labute approximate surface area is 220 Å². The Bertz CT molecular complexity index is 1290. The first kappa shape index (κ1) is 25.8. The van der Waals surface area contributed by atoms with Crippen LogP contribution in [0.1, 0.15) is 18.1 Å². The maximum atomic E-state index is 13.9. The van der Waals surface area contributed by atoms with E-state index in [0.717, 1.165) is 5.56 Å². The smallest absolute Gasteiger partial charge is 0.266 e. The first-order chi connectivity index (χ1) is 16.3. The summed E-state index contributed by atoms with van der Waals surface area (Å²) in [6.45, 7) is 2.40. The summed E-state index contributed by atoms with van der Waals surface area (Å²) in [6, 6.07) is 16.1. The highest BCUT2D eigenvalue weighted by atomic mass is 127. The molecule has 0 aliphatic heterocycles. The lowest BCUT2D eigenvalue weighted by Crippen LogP contribution is -2.14. The van der Waals surface area contributed by atoms with Gasteiger partial charge in [0.15, 0.2) is 11.5 Å². The normalized spacial score (nSPS) is 11.0. The number of carbonyl (C=O) groups is 1. The molecule has 0 aliphatic rings. The molecule has 0 aliphatic carbocycles. The number of nitriles is 1. The van der Waals surface area contributed by atoms with E-state index in [1.165, 1.54) is 24.3 Å². The van der Waals surface area contributed by atoms with Crippen molar-refractivity contribution in [2.75, 3.05) is 11.9 Å². The SMILES string of the molecule is CCOc1cc(/C=C(/C#N)C(=O)Nc2ccccc2F)cc(I)c1OCc1ccc(Cl)cc1Cl. The fourth-order valence-electron chi connectivity index (χ4n) is 2.93. The molecule has 1 amide bonds. The lowest BCUT2D eigenvalue weighted by molar-refractivity contribution is -0.112. The van der Waals surface area contributed by atoms with Gasteiger partial charge in [0.1, 0.15) is 24.1 Å². The van der Waals surface area contributed by atoms with Crippen molar-refractivity contribution in [1.82, 2.24) is 0 Å². The minimum Gasteiger partial charge on any atom is -0.490 e. The monoisotopic (exact) mass is 610 g/mol. The van der Waals surface area contributed by atoms with Crippen molar-refractivity contribution in [2.45, 2.75) is 13.5 Å². The van der Waals surface area contributed by atoms with Crippen LogP contribution in [0, 0.1) is 20.7 Å². The van der Waals surface area contributed by atoms with Gasteiger partial charge in [-0.2, -0.15) is 5.26 Å². The second kappa shape index (κ2) is 12.1. The number of anilines is 1. The summed E-state index contributed by atoms with van der Waals surface area (Å²) in [5.74, 6) is -0.376. The number of benzene rings is 3. The molecule has 0 unspecified atom stereocenters. The van der Waals surface area contributed by atoms with E-state index in [0.29, 0.717) is 37.3 Å². The van der Waals surface area contributed by atoms with Crippen molar-refractivity contribution in [3.8, 4) is 17.6 Å². The van der Waals surface area contributed by atoms with Crippen molar-refractivity contribution < 1.29 is 18.7 Å². The lowest BCUT2D eigenvalue weighted by atomic mass is 10.1. The van der Waals surface area contributed by atoms with Crippen LogP contribution in [-0.2, 0) is 11.4 Å². The minimum atomic E-state index is -0.724. The number of para-hydroxylation sites is 1. The Balaban J connectivity index is 1.87. The molecule has 34 heavy (non-hydrogen) atoms. The molecule has 0 heterocycles. The molecule has 3 aromatic rings. The van der Waals surface area contributed by atoms with Crippen LogP contribution in [0.4, 0.5) is 10.1 Å². The summed E-state index contributed by atoms with van der Waals surface area (Å²) >= 11 is 14.3. The summed E-state index contributed by atoms with van der Waals surface area (Å²) < 4.78 is 26.3. The second-order valence-electron chi connectivity index (χ2n) is 6.89. The Morgan fingerprint density at radius 3 is 2.62 bits per heavy atom. The van der Waals surface area contributed by atoms with Gasteiger partial charge in [0.2, 0.25) is 0 Å². The third kappa shape index (κ3) is 6.63. The molecular formula is C25H18Cl2FIN2O3. The fraction of sp³-hybridized carbons (Fsp3) is 0.120. The van der Waals surface area contributed by atoms with Gasteiger partial charge in [-0.1, -0.05) is 41.4 Å². The number of hydrogen-bond donors (Lipinski definition) is 1. The number of nitrogens with one attached hydrogen (secondary N) is 1. The number of carbonyl (C=O) groups excluding carboxylic acids is 1. The average Bonchev–Trinajstić information content (AvgIpc) is 2.79. The molecule has 0 fully saturated rings. The highest BCUT2D eigenvalue weighted by Gasteiger charge is 2.16. The zero-order chi connectivity index (χ0) is 24.7. The summed E-state index contributed by atoms with van der Waals surface area (Å²) in [5, 5.41) is 12.9. The van der Waals surface area contributed by atoms with Crippen molar-refractivity contribution >= 4 is 63.5 Å². The van der Waals surface area contributed by atoms with Crippen molar-refractivity contribution in [1.29, 1.82) is 5.26 Å². The Kier molecular flexibility index (Phi) is 9.16. The summed E-state index contributed by atoms with van der Waals surface area (Å²) in [4.78, 5) is 12.5. The first-order valence-corrected chi connectivity index (χ1v) is 11.9. The number of hydrogen-bond acceptors (Lipinski definition) is 4. The summed E-state index contributed by atoms with van der Waals surface area (Å²) in [5.41, 5.74) is 1.10. The Morgan fingerprint density at radius 2 is 1.94 bits per heavy atom. The van der Waals surface area contributed by atoms with E-state index in [-0.39, 0.29) is 17.9 Å². The molecule has 3 rings (SSSR count). The number of halogens is 4.